The van der Waals surface area contributed by atoms with Gasteiger partial charge < -0.3 is 24.3 Å². The lowest BCUT2D eigenvalue weighted by Crippen LogP contribution is -2.21. The van der Waals surface area contributed by atoms with Gasteiger partial charge >= 0.3 is 5.97 Å². The summed E-state index contributed by atoms with van der Waals surface area (Å²) in [5.41, 5.74) is 0.863. The van der Waals surface area contributed by atoms with Crippen LogP contribution < -0.4 is 19.5 Å². The second-order valence-corrected chi connectivity index (χ2v) is 5.80. The Balaban J connectivity index is 1.93. The maximum Gasteiger partial charge on any atom is 0.338 e. The number of esters is 1. The van der Waals surface area contributed by atoms with Gasteiger partial charge in [0.25, 0.3) is 5.91 Å². The Morgan fingerprint density at radius 1 is 0.964 bits per heavy atom. The van der Waals surface area contributed by atoms with Crippen molar-refractivity contribution in [3.8, 4) is 17.2 Å². The molecule has 7 heteroatoms. The molecule has 0 aliphatic carbocycles. The first kappa shape index (κ1) is 21.1. The van der Waals surface area contributed by atoms with Crippen LogP contribution in [0.15, 0.2) is 42.5 Å². The average molecular weight is 387 g/mol. The van der Waals surface area contributed by atoms with Crippen LogP contribution in [0.3, 0.4) is 0 Å². The standard InChI is InChI=1S/C21H25NO6/c1-4-12-27-18-11-6-15(13-19(18)26-5-2)21(24)28-14-20(23)22-16-7-9-17(25-3)10-8-16/h6-11,13H,4-5,12,14H2,1-3H3,(H,22,23). The van der Waals surface area contributed by atoms with Crippen molar-refractivity contribution in [1.29, 1.82) is 0 Å². The fourth-order valence-corrected chi connectivity index (χ4v) is 2.32. The number of nitrogens with one attached hydrogen (secondary N) is 1. The molecule has 2 aromatic rings. The summed E-state index contributed by atoms with van der Waals surface area (Å²) in [5, 5.41) is 2.65. The molecule has 0 aliphatic rings. The van der Waals surface area contributed by atoms with E-state index in [1.807, 2.05) is 13.8 Å². The van der Waals surface area contributed by atoms with E-state index in [9.17, 15) is 9.59 Å². The Labute approximate surface area is 164 Å². The molecule has 150 valence electrons. The van der Waals surface area contributed by atoms with Gasteiger partial charge in [0.1, 0.15) is 5.75 Å². The van der Waals surface area contributed by atoms with Crippen molar-refractivity contribution in [1.82, 2.24) is 0 Å². The SMILES string of the molecule is CCCOc1ccc(C(=O)OCC(=O)Nc2ccc(OC)cc2)cc1OCC. The number of carbonyl (C=O) groups excluding carboxylic acids is 2. The molecule has 0 unspecified atom stereocenters. The molecule has 1 amide bonds. The summed E-state index contributed by atoms with van der Waals surface area (Å²) >= 11 is 0. The Morgan fingerprint density at radius 3 is 2.36 bits per heavy atom. The number of hydrogen-bond acceptors (Lipinski definition) is 6. The summed E-state index contributed by atoms with van der Waals surface area (Å²) in [6.07, 6.45) is 0.860. The van der Waals surface area contributed by atoms with Crippen LogP contribution in [0.25, 0.3) is 0 Å². The first-order valence-electron chi connectivity index (χ1n) is 9.08. The van der Waals surface area contributed by atoms with Gasteiger partial charge in [-0.15, -0.1) is 0 Å². The lowest BCUT2D eigenvalue weighted by atomic mass is 10.2. The summed E-state index contributed by atoms with van der Waals surface area (Å²) in [6, 6.07) is 11.6. The van der Waals surface area contributed by atoms with Crippen LogP contribution in [0, 0.1) is 0 Å². The lowest BCUT2D eigenvalue weighted by Gasteiger charge is -2.13. The quantitative estimate of drug-likeness (QED) is 0.626. The van der Waals surface area contributed by atoms with Crippen LogP contribution in [0.2, 0.25) is 0 Å². The highest BCUT2D eigenvalue weighted by Gasteiger charge is 2.14. The largest absolute Gasteiger partial charge is 0.497 e. The van der Waals surface area contributed by atoms with Crippen LogP contribution in [0.1, 0.15) is 30.6 Å². The lowest BCUT2D eigenvalue weighted by molar-refractivity contribution is -0.119. The van der Waals surface area contributed by atoms with Gasteiger partial charge in [-0.2, -0.15) is 0 Å². The van der Waals surface area contributed by atoms with Crippen molar-refractivity contribution in [2.45, 2.75) is 20.3 Å². The second kappa shape index (κ2) is 10.8. The summed E-state index contributed by atoms with van der Waals surface area (Å²) in [7, 11) is 1.56. The number of hydrogen-bond donors (Lipinski definition) is 1. The normalized spacial score (nSPS) is 10.1. The van der Waals surface area contributed by atoms with Gasteiger partial charge in [0.2, 0.25) is 0 Å². The van der Waals surface area contributed by atoms with Crippen molar-refractivity contribution in [2.24, 2.45) is 0 Å². The zero-order valence-corrected chi connectivity index (χ0v) is 16.3. The molecule has 28 heavy (non-hydrogen) atoms. The van der Waals surface area contributed by atoms with Crippen LogP contribution >= 0.6 is 0 Å². The second-order valence-electron chi connectivity index (χ2n) is 5.80. The summed E-state index contributed by atoms with van der Waals surface area (Å²) in [5.74, 6) is 0.658. The first-order chi connectivity index (χ1) is 13.6. The average Bonchev–Trinajstić information content (AvgIpc) is 2.71. The van der Waals surface area contributed by atoms with Crippen LogP contribution in [-0.4, -0.2) is 38.8 Å². The third-order valence-corrected chi connectivity index (χ3v) is 3.65. The molecule has 0 radical (unpaired) electrons. The number of rotatable bonds is 10. The monoisotopic (exact) mass is 387 g/mol. The van der Waals surface area contributed by atoms with E-state index in [1.54, 1.807) is 49.6 Å². The van der Waals surface area contributed by atoms with Gasteiger partial charge in [-0.05, 0) is 55.8 Å². The van der Waals surface area contributed by atoms with Gasteiger partial charge in [-0.25, -0.2) is 4.79 Å². The zero-order chi connectivity index (χ0) is 20.4. The highest BCUT2D eigenvalue weighted by atomic mass is 16.5. The summed E-state index contributed by atoms with van der Waals surface area (Å²) < 4.78 is 21.3. The van der Waals surface area contributed by atoms with Crippen LogP contribution in [0.5, 0.6) is 17.2 Å². The number of anilines is 1. The molecule has 0 saturated carbocycles. The molecule has 7 nitrogen and oxygen atoms in total. The van der Waals surface area contributed by atoms with Crippen molar-refractivity contribution < 1.29 is 28.5 Å². The molecule has 0 saturated heterocycles. The Morgan fingerprint density at radius 2 is 1.71 bits per heavy atom. The number of benzene rings is 2. The minimum Gasteiger partial charge on any atom is -0.497 e. The Bertz CT molecular complexity index is 788. The molecule has 0 fully saturated rings. The van der Waals surface area contributed by atoms with Crippen molar-refractivity contribution in [2.75, 3.05) is 32.2 Å². The molecular formula is C21H25NO6. The fraction of sp³-hybridized carbons (Fsp3) is 0.333. The molecule has 2 rings (SSSR count). The molecule has 0 aliphatic heterocycles. The summed E-state index contributed by atoms with van der Waals surface area (Å²) in [6.45, 7) is 4.44. The topological polar surface area (TPSA) is 83.1 Å². The minimum absolute atomic E-state index is 0.282. The van der Waals surface area contributed by atoms with Crippen molar-refractivity contribution in [3.05, 3.63) is 48.0 Å². The maximum atomic E-state index is 12.3. The van der Waals surface area contributed by atoms with E-state index in [2.05, 4.69) is 5.32 Å². The molecule has 0 aromatic heterocycles. The van der Waals surface area contributed by atoms with Crippen molar-refractivity contribution >= 4 is 17.6 Å². The highest BCUT2D eigenvalue weighted by Crippen LogP contribution is 2.29. The van der Waals surface area contributed by atoms with Gasteiger partial charge in [-0.3, -0.25) is 4.79 Å². The minimum atomic E-state index is -0.618. The maximum absolute atomic E-state index is 12.3. The third kappa shape index (κ3) is 6.19. The van der Waals surface area contributed by atoms with E-state index in [-0.39, 0.29) is 5.56 Å². The predicted molar refractivity (Wildman–Crippen MR) is 105 cm³/mol. The number of carbonyl (C=O) groups is 2. The molecule has 0 bridgehead atoms. The molecule has 0 spiro atoms. The zero-order valence-electron chi connectivity index (χ0n) is 16.3. The van der Waals surface area contributed by atoms with E-state index < -0.39 is 18.5 Å². The number of methoxy groups -OCH3 is 1. The molecular weight excluding hydrogens is 362 g/mol. The van der Waals surface area contributed by atoms with E-state index in [0.29, 0.717) is 36.1 Å². The third-order valence-electron chi connectivity index (χ3n) is 3.65. The first-order valence-corrected chi connectivity index (χ1v) is 9.08. The van der Waals surface area contributed by atoms with E-state index in [0.717, 1.165) is 6.42 Å². The number of ether oxygens (including phenoxy) is 4. The molecule has 0 heterocycles. The van der Waals surface area contributed by atoms with Crippen molar-refractivity contribution in [3.63, 3.8) is 0 Å². The van der Waals surface area contributed by atoms with Gasteiger partial charge in [0, 0.05) is 5.69 Å². The number of amides is 1. The Hall–Kier alpha value is -3.22. The molecule has 1 N–H and O–H groups in total. The van der Waals surface area contributed by atoms with Crippen LogP contribution in [0.4, 0.5) is 5.69 Å². The van der Waals surface area contributed by atoms with Gasteiger partial charge in [0.05, 0.1) is 25.9 Å². The molecule has 0 atom stereocenters. The van der Waals surface area contributed by atoms with Gasteiger partial charge in [0.15, 0.2) is 18.1 Å². The van der Waals surface area contributed by atoms with Crippen LogP contribution in [-0.2, 0) is 9.53 Å². The highest BCUT2D eigenvalue weighted by molar-refractivity contribution is 5.95. The van der Waals surface area contributed by atoms with Gasteiger partial charge in [-0.1, -0.05) is 6.92 Å². The Kier molecular flexibility index (Phi) is 8.14. The predicted octanol–water partition coefficient (Wildman–Crippen LogP) is 3.68. The van der Waals surface area contributed by atoms with E-state index in [1.165, 1.54) is 0 Å². The smallest absolute Gasteiger partial charge is 0.338 e. The summed E-state index contributed by atoms with van der Waals surface area (Å²) in [4.78, 5) is 24.2. The van der Waals surface area contributed by atoms with E-state index in [4.69, 9.17) is 18.9 Å². The fourth-order valence-electron chi connectivity index (χ4n) is 2.32. The molecule has 2 aromatic carbocycles. The van der Waals surface area contributed by atoms with E-state index >= 15 is 0 Å².